The normalized spacial score (nSPS) is 18.7. The third-order valence-corrected chi connectivity index (χ3v) is 3.65. The van der Waals surface area contributed by atoms with Crippen LogP contribution in [0.5, 0.6) is 0 Å². The van der Waals surface area contributed by atoms with Gasteiger partial charge in [0.25, 0.3) is 0 Å². The minimum Gasteiger partial charge on any atom is -0.350 e. The quantitative estimate of drug-likeness (QED) is 0.906. The van der Waals surface area contributed by atoms with E-state index < -0.39 is 0 Å². The molecule has 0 aromatic heterocycles. The summed E-state index contributed by atoms with van der Waals surface area (Å²) >= 11 is 0. The van der Waals surface area contributed by atoms with Crippen molar-refractivity contribution in [3.05, 3.63) is 35.4 Å². The van der Waals surface area contributed by atoms with E-state index in [-0.39, 0.29) is 17.7 Å². The van der Waals surface area contributed by atoms with Gasteiger partial charge in [0.15, 0.2) is 6.29 Å². The van der Waals surface area contributed by atoms with E-state index in [1.165, 1.54) is 11.1 Å². The molecule has 1 atom stereocenters. The first-order valence-corrected chi connectivity index (χ1v) is 7.01. The molecule has 1 aliphatic rings. The zero-order chi connectivity index (χ0) is 13.9. The maximum absolute atomic E-state index is 5.52. The molecule has 0 radical (unpaired) electrons. The van der Waals surface area contributed by atoms with Crippen molar-refractivity contribution in [2.75, 3.05) is 20.3 Å². The lowest BCUT2D eigenvalue weighted by atomic mass is 9.86. The van der Waals surface area contributed by atoms with Crippen molar-refractivity contribution in [2.45, 2.75) is 44.9 Å². The van der Waals surface area contributed by atoms with Crippen LogP contribution in [0.2, 0.25) is 0 Å². The average Bonchev–Trinajstić information content (AvgIpc) is 2.88. The van der Waals surface area contributed by atoms with E-state index in [1.807, 2.05) is 7.05 Å². The third-order valence-electron chi connectivity index (χ3n) is 3.65. The van der Waals surface area contributed by atoms with Crippen LogP contribution < -0.4 is 5.32 Å². The van der Waals surface area contributed by atoms with E-state index in [4.69, 9.17) is 9.47 Å². The van der Waals surface area contributed by atoms with Crippen molar-refractivity contribution in [3.8, 4) is 0 Å². The van der Waals surface area contributed by atoms with Crippen LogP contribution in [0, 0.1) is 0 Å². The summed E-state index contributed by atoms with van der Waals surface area (Å²) in [4.78, 5) is 0. The van der Waals surface area contributed by atoms with Crippen molar-refractivity contribution in [1.82, 2.24) is 5.32 Å². The summed E-state index contributed by atoms with van der Waals surface area (Å²) in [6, 6.07) is 9.12. The van der Waals surface area contributed by atoms with Gasteiger partial charge in [0, 0.05) is 12.5 Å². The van der Waals surface area contributed by atoms with Crippen molar-refractivity contribution in [1.29, 1.82) is 0 Å². The van der Waals surface area contributed by atoms with Crippen LogP contribution in [0.3, 0.4) is 0 Å². The Labute approximate surface area is 116 Å². The SMILES string of the molecule is CNC(CC1OCCO1)c1ccc(C(C)(C)C)cc1. The summed E-state index contributed by atoms with van der Waals surface area (Å²) in [5.74, 6) is 0. The summed E-state index contributed by atoms with van der Waals surface area (Å²) in [6.07, 6.45) is 0.783. The Balaban J connectivity index is 2.05. The highest BCUT2D eigenvalue weighted by Crippen LogP contribution is 2.26. The standard InChI is InChI=1S/C16H25NO2/c1-16(2,3)13-7-5-12(6-8-13)14(17-4)11-15-18-9-10-19-15/h5-8,14-15,17H,9-11H2,1-4H3. The molecule has 0 spiro atoms. The predicted molar refractivity (Wildman–Crippen MR) is 77.3 cm³/mol. The van der Waals surface area contributed by atoms with Gasteiger partial charge in [0.2, 0.25) is 0 Å². The first-order chi connectivity index (χ1) is 9.00. The topological polar surface area (TPSA) is 30.5 Å². The molecule has 3 heteroatoms. The Bertz CT molecular complexity index is 388. The molecule has 2 rings (SSSR count). The molecule has 1 unspecified atom stereocenters. The number of benzene rings is 1. The van der Waals surface area contributed by atoms with Gasteiger partial charge >= 0.3 is 0 Å². The Morgan fingerprint density at radius 1 is 1.16 bits per heavy atom. The van der Waals surface area contributed by atoms with E-state index in [9.17, 15) is 0 Å². The predicted octanol–water partition coefficient (Wildman–Crippen LogP) is 3.01. The minimum atomic E-state index is -0.0697. The molecule has 1 fully saturated rings. The fourth-order valence-electron chi connectivity index (χ4n) is 2.37. The van der Waals surface area contributed by atoms with Crippen molar-refractivity contribution in [2.24, 2.45) is 0 Å². The second-order valence-corrected chi connectivity index (χ2v) is 6.12. The van der Waals surface area contributed by atoms with E-state index in [1.54, 1.807) is 0 Å². The van der Waals surface area contributed by atoms with Gasteiger partial charge < -0.3 is 14.8 Å². The summed E-state index contributed by atoms with van der Waals surface area (Å²) < 4.78 is 11.0. The van der Waals surface area contributed by atoms with Gasteiger partial charge in [-0.1, -0.05) is 45.0 Å². The molecule has 0 bridgehead atoms. The lowest BCUT2D eigenvalue weighted by Crippen LogP contribution is -2.23. The second kappa shape index (κ2) is 6.04. The second-order valence-electron chi connectivity index (χ2n) is 6.12. The average molecular weight is 263 g/mol. The molecule has 0 aliphatic carbocycles. The number of rotatable bonds is 4. The summed E-state index contributed by atoms with van der Waals surface area (Å²) in [6.45, 7) is 8.13. The maximum atomic E-state index is 5.52. The number of nitrogens with one attached hydrogen (secondary N) is 1. The van der Waals surface area contributed by atoms with Crippen LogP contribution in [-0.4, -0.2) is 26.6 Å². The number of hydrogen-bond acceptors (Lipinski definition) is 3. The van der Waals surface area contributed by atoms with Gasteiger partial charge in [0.05, 0.1) is 13.2 Å². The van der Waals surface area contributed by atoms with Crippen molar-refractivity contribution < 1.29 is 9.47 Å². The van der Waals surface area contributed by atoms with Gasteiger partial charge in [-0.05, 0) is 23.6 Å². The highest BCUT2D eigenvalue weighted by atomic mass is 16.7. The lowest BCUT2D eigenvalue weighted by Gasteiger charge is -2.22. The number of ether oxygens (including phenoxy) is 2. The lowest BCUT2D eigenvalue weighted by molar-refractivity contribution is -0.0526. The largest absolute Gasteiger partial charge is 0.350 e. The van der Waals surface area contributed by atoms with Gasteiger partial charge in [0.1, 0.15) is 0 Å². The molecule has 1 aromatic rings. The maximum Gasteiger partial charge on any atom is 0.159 e. The zero-order valence-corrected chi connectivity index (χ0v) is 12.4. The smallest absolute Gasteiger partial charge is 0.159 e. The van der Waals surface area contributed by atoms with E-state index in [2.05, 4.69) is 50.4 Å². The molecule has 1 N–H and O–H groups in total. The van der Waals surface area contributed by atoms with Crippen LogP contribution in [-0.2, 0) is 14.9 Å². The molecular formula is C16H25NO2. The van der Waals surface area contributed by atoms with E-state index in [0.29, 0.717) is 13.2 Å². The van der Waals surface area contributed by atoms with Gasteiger partial charge in [-0.2, -0.15) is 0 Å². The number of hydrogen-bond donors (Lipinski definition) is 1. The fraction of sp³-hybridized carbons (Fsp3) is 0.625. The summed E-state index contributed by atoms with van der Waals surface area (Å²) in [5, 5.41) is 3.34. The zero-order valence-electron chi connectivity index (χ0n) is 12.4. The van der Waals surface area contributed by atoms with E-state index in [0.717, 1.165) is 6.42 Å². The summed E-state index contributed by atoms with van der Waals surface area (Å²) in [7, 11) is 1.98. The van der Waals surface area contributed by atoms with Crippen molar-refractivity contribution in [3.63, 3.8) is 0 Å². The molecule has 1 aromatic carbocycles. The molecule has 19 heavy (non-hydrogen) atoms. The Morgan fingerprint density at radius 2 is 1.74 bits per heavy atom. The minimum absolute atomic E-state index is 0.0697. The summed E-state index contributed by atoms with van der Waals surface area (Å²) in [5.41, 5.74) is 2.85. The first kappa shape index (κ1) is 14.5. The molecule has 0 saturated carbocycles. The van der Waals surface area contributed by atoms with Crippen molar-refractivity contribution >= 4 is 0 Å². The van der Waals surface area contributed by atoms with Crippen LogP contribution >= 0.6 is 0 Å². The molecular weight excluding hydrogens is 238 g/mol. The monoisotopic (exact) mass is 263 g/mol. The molecule has 3 nitrogen and oxygen atoms in total. The Kier molecular flexibility index (Phi) is 4.61. The van der Waals surface area contributed by atoms with Crippen LogP contribution in [0.25, 0.3) is 0 Å². The third kappa shape index (κ3) is 3.78. The van der Waals surface area contributed by atoms with Crippen LogP contribution in [0.1, 0.15) is 44.4 Å². The molecule has 1 saturated heterocycles. The van der Waals surface area contributed by atoms with Crippen LogP contribution in [0.15, 0.2) is 24.3 Å². The van der Waals surface area contributed by atoms with Gasteiger partial charge in [-0.15, -0.1) is 0 Å². The highest BCUT2D eigenvalue weighted by molar-refractivity contribution is 5.29. The highest BCUT2D eigenvalue weighted by Gasteiger charge is 2.22. The molecule has 106 valence electrons. The van der Waals surface area contributed by atoms with Gasteiger partial charge in [-0.25, -0.2) is 0 Å². The molecule has 1 aliphatic heterocycles. The molecule has 1 heterocycles. The van der Waals surface area contributed by atoms with Gasteiger partial charge in [-0.3, -0.25) is 0 Å². The van der Waals surface area contributed by atoms with Crippen LogP contribution in [0.4, 0.5) is 0 Å². The van der Waals surface area contributed by atoms with E-state index >= 15 is 0 Å². The first-order valence-electron chi connectivity index (χ1n) is 7.01. The fourth-order valence-corrected chi connectivity index (χ4v) is 2.37. The molecule has 0 amide bonds. The Morgan fingerprint density at radius 3 is 2.21 bits per heavy atom. The Hall–Kier alpha value is -0.900.